The Morgan fingerprint density at radius 3 is 2.84 bits per heavy atom. The molecule has 0 aliphatic carbocycles. The highest BCUT2D eigenvalue weighted by Gasteiger charge is 2.38. The average Bonchev–Trinajstić information content (AvgIpc) is 3.30. The van der Waals surface area contributed by atoms with E-state index in [-0.39, 0.29) is 18.4 Å². The number of aromatic nitrogens is 2. The minimum atomic E-state index is -0.868. The third-order valence-corrected chi connectivity index (χ3v) is 4.76. The highest BCUT2D eigenvalue weighted by Crippen LogP contribution is 2.31. The van der Waals surface area contributed by atoms with Crippen molar-refractivity contribution in [3.8, 4) is 11.5 Å². The summed E-state index contributed by atoms with van der Waals surface area (Å²) in [5.74, 6) is -1.19. The van der Waals surface area contributed by atoms with Crippen LogP contribution in [0.2, 0.25) is 0 Å². The summed E-state index contributed by atoms with van der Waals surface area (Å²) in [6, 6.07) is 9.44. The second-order valence-corrected chi connectivity index (χ2v) is 6.44. The number of H-pyrrole nitrogens is 1. The molecule has 1 aliphatic rings. The van der Waals surface area contributed by atoms with Gasteiger partial charge in [-0.15, -0.1) is 0 Å². The van der Waals surface area contributed by atoms with Crippen LogP contribution in [-0.2, 0) is 4.79 Å². The Kier molecular flexibility index (Phi) is 3.56. The number of nitrogens with one attached hydrogen (secondary N) is 1. The predicted octanol–water partition coefficient (Wildman–Crippen LogP) is 2.62. The van der Waals surface area contributed by atoms with Crippen molar-refractivity contribution in [2.24, 2.45) is 11.8 Å². The first-order valence-electron chi connectivity index (χ1n) is 8.09. The van der Waals surface area contributed by atoms with E-state index in [4.69, 9.17) is 4.42 Å². The van der Waals surface area contributed by atoms with E-state index in [2.05, 4.69) is 10.2 Å². The van der Waals surface area contributed by atoms with Gasteiger partial charge in [0.1, 0.15) is 11.3 Å². The van der Waals surface area contributed by atoms with Gasteiger partial charge in [-0.2, -0.15) is 5.10 Å². The monoisotopic (exact) mass is 339 g/mol. The van der Waals surface area contributed by atoms with Gasteiger partial charge in [0.05, 0.1) is 17.7 Å². The topological polar surface area (TPSA) is 99.4 Å². The van der Waals surface area contributed by atoms with Crippen LogP contribution in [-0.4, -0.2) is 45.2 Å². The van der Waals surface area contributed by atoms with Crippen molar-refractivity contribution in [3.05, 3.63) is 42.1 Å². The van der Waals surface area contributed by atoms with Gasteiger partial charge in [-0.25, -0.2) is 0 Å². The molecule has 3 aromatic rings. The molecule has 0 bridgehead atoms. The summed E-state index contributed by atoms with van der Waals surface area (Å²) in [6.45, 7) is 2.47. The Bertz CT molecular complexity index is 925. The van der Waals surface area contributed by atoms with Crippen LogP contribution < -0.4 is 0 Å². The standard InChI is InChI=1S/C18H17N3O4/c1-10-8-21(9-13(10)18(23)24)17(22)12-7-19-20-16(12)15-6-11-4-2-3-5-14(11)25-15/h2-7,10,13H,8-9H2,1H3,(H,19,20)(H,23,24)/t10-,13-/m1/s1. The Hall–Kier alpha value is -3.09. The van der Waals surface area contributed by atoms with E-state index in [9.17, 15) is 14.7 Å². The van der Waals surface area contributed by atoms with E-state index in [0.29, 0.717) is 23.6 Å². The number of rotatable bonds is 3. The van der Waals surface area contributed by atoms with E-state index < -0.39 is 11.9 Å². The van der Waals surface area contributed by atoms with Crippen LogP contribution in [0.15, 0.2) is 40.9 Å². The zero-order chi connectivity index (χ0) is 17.6. The van der Waals surface area contributed by atoms with E-state index in [1.807, 2.05) is 37.3 Å². The fourth-order valence-corrected chi connectivity index (χ4v) is 3.37. The fourth-order valence-electron chi connectivity index (χ4n) is 3.37. The van der Waals surface area contributed by atoms with Crippen molar-refractivity contribution in [3.63, 3.8) is 0 Å². The summed E-state index contributed by atoms with van der Waals surface area (Å²) in [5.41, 5.74) is 1.62. The Morgan fingerprint density at radius 1 is 1.32 bits per heavy atom. The van der Waals surface area contributed by atoms with Crippen LogP contribution in [0, 0.1) is 11.8 Å². The van der Waals surface area contributed by atoms with Crippen molar-refractivity contribution >= 4 is 22.8 Å². The second-order valence-electron chi connectivity index (χ2n) is 6.44. The molecule has 1 amide bonds. The quantitative estimate of drug-likeness (QED) is 0.764. The first kappa shape index (κ1) is 15.4. The maximum absolute atomic E-state index is 12.9. The number of hydrogen-bond donors (Lipinski definition) is 2. The van der Waals surface area contributed by atoms with Crippen molar-refractivity contribution in [1.82, 2.24) is 15.1 Å². The van der Waals surface area contributed by atoms with Gasteiger partial charge in [-0.3, -0.25) is 14.7 Å². The van der Waals surface area contributed by atoms with E-state index in [1.165, 1.54) is 6.20 Å². The zero-order valence-corrected chi connectivity index (χ0v) is 13.6. The number of fused-ring (bicyclic) bond motifs is 1. The lowest BCUT2D eigenvalue weighted by molar-refractivity contribution is -0.142. The Balaban J connectivity index is 1.65. The third-order valence-electron chi connectivity index (χ3n) is 4.76. The number of carbonyl (C=O) groups excluding carboxylic acids is 1. The summed E-state index contributed by atoms with van der Waals surface area (Å²) in [5, 5.41) is 17.0. The van der Waals surface area contributed by atoms with Crippen LogP contribution in [0.3, 0.4) is 0 Å². The van der Waals surface area contributed by atoms with Crippen LogP contribution >= 0.6 is 0 Å². The van der Waals surface area contributed by atoms with Crippen LogP contribution in [0.4, 0.5) is 0 Å². The van der Waals surface area contributed by atoms with Gasteiger partial charge in [0.2, 0.25) is 0 Å². The number of furan rings is 1. The molecule has 2 N–H and O–H groups in total. The molecule has 0 unspecified atom stereocenters. The molecule has 0 radical (unpaired) electrons. The number of para-hydroxylation sites is 1. The van der Waals surface area contributed by atoms with Crippen molar-refractivity contribution in [2.45, 2.75) is 6.92 Å². The second kappa shape index (κ2) is 5.77. The lowest BCUT2D eigenvalue weighted by Gasteiger charge is -2.15. The summed E-state index contributed by atoms with van der Waals surface area (Å²) in [7, 11) is 0. The molecule has 0 spiro atoms. The maximum Gasteiger partial charge on any atom is 0.308 e. The molecule has 2 aromatic heterocycles. The van der Waals surface area contributed by atoms with Gasteiger partial charge in [0.25, 0.3) is 5.91 Å². The van der Waals surface area contributed by atoms with Crippen molar-refractivity contribution < 1.29 is 19.1 Å². The summed E-state index contributed by atoms with van der Waals surface area (Å²) >= 11 is 0. The van der Waals surface area contributed by atoms with E-state index in [1.54, 1.807) is 4.90 Å². The number of nitrogens with zero attached hydrogens (tertiary/aromatic N) is 2. The first-order chi connectivity index (χ1) is 12.0. The number of benzene rings is 1. The minimum Gasteiger partial charge on any atom is -0.481 e. The molecule has 2 atom stereocenters. The lowest BCUT2D eigenvalue weighted by atomic mass is 9.99. The number of hydrogen-bond acceptors (Lipinski definition) is 4. The molecule has 3 heterocycles. The molecule has 1 fully saturated rings. The first-order valence-corrected chi connectivity index (χ1v) is 8.09. The Labute approximate surface area is 143 Å². The largest absolute Gasteiger partial charge is 0.481 e. The van der Waals surface area contributed by atoms with Crippen molar-refractivity contribution in [1.29, 1.82) is 0 Å². The molecule has 7 nitrogen and oxygen atoms in total. The number of likely N-dealkylation sites (tertiary alicyclic amines) is 1. The maximum atomic E-state index is 12.9. The molecular formula is C18H17N3O4. The molecule has 25 heavy (non-hydrogen) atoms. The average molecular weight is 339 g/mol. The van der Waals surface area contributed by atoms with E-state index in [0.717, 1.165) is 11.0 Å². The number of aliphatic carboxylic acids is 1. The predicted molar refractivity (Wildman–Crippen MR) is 90.0 cm³/mol. The molecular weight excluding hydrogens is 322 g/mol. The van der Waals surface area contributed by atoms with Gasteiger partial charge in [0, 0.05) is 18.5 Å². The number of carboxylic acid groups (broad SMARTS) is 1. The van der Waals surface area contributed by atoms with Gasteiger partial charge in [-0.1, -0.05) is 25.1 Å². The molecule has 1 aromatic carbocycles. The highest BCUT2D eigenvalue weighted by atomic mass is 16.4. The summed E-state index contributed by atoms with van der Waals surface area (Å²) in [4.78, 5) is 25.7. The number of carbonyl (C=O) groups is 2. The Morgan fingerprint density at radius 2 is 2.12 bits per heavy atom. The minimum absolute atomic E-state index is 0.0806. The van der Waals surface area contributed by atoms with Crippen molar-refractivity contribution in [2.75, 3.05) is 13.1 Å². The van der Waals surface area contributed by atoms with Gasteiger partial charge in [0.15, 0.2) is 5.76 Å². The summed E-state index contributed by atoms with van der Waals surface area (Å²) in [6.07, 6.45) is 1.46. The van der Waals surface area contributed by atoms with Gasteiger partial charge in [-0.05, 0) is 18.1 Å². The fraction of sp³-hybridized carbons (Fsp3) is 0.278. The number of carboxylic acids is 1. The SMILES string of the molecule is C[C@@H]1CN(C(=O)c2cn[nH]c2-c2cc3ccccc3o2)C[C@H]1C(=O)O. The highest BCUT2D eigenvalue weighted by molar-refractivity contribution is 6.00. The normalized spacial score (nSPS) is 20.3. The summed E-state index contributed by atoms with van der Waals surface area (Å²) < 4.78 is 5.81. The molecule has 128 valence electrons. The zero-order valence-electron chi connectivity index (χ0n) is 13.6. The third kappa shape index (κ3) is 2.57. The molecule has 0 saturated carbocycles. The number of amides is 1. The lowest BCUT2D eigenvalue weighted by Crippen LogP contribution is -2.30. The molecule has 7 heteroatoms. The van der Waals surface area contributed by atoms with Crippen LogP contribution in [0.25, 0.3) is 22.4 Å². The molecule has 4 rings (SSSR count). The van der Waals surface area contributed by atoms with E-state index >= 15 is 0 Å². The number of aromatic amines is 1. The molecule has 1 aliphatic heterocycles. The van der Waals surface area contributed by atoms with Crippen LogP contribution in [0.1, 0.15) is 17.3 Å². The van der Waals surface area contributed by atoms with Gasteiger partial charge < -0.3 is 14.4 Å². The molecule has 1 saturated heterocycles. The van der Waals surface area contributed by atoms with Gasteiger partial charge >= 0.3 is 5.97 Å². The smallest absolute Gasteiger partial charge is 0.308 e. The van der Waals surface area contributed by atoms with Crippen LogP contribution in [0.5, 0.6) is 0 Å².